The number of ketones is 2. The van der Waals surface area contributed by atoms with Crippen LogP contribution in [0.25, 0.3) is 0 Å². The summed E-state index contributed by atoms with van der Waals surface area (Å²) in [6.45, 7) is 1.72. The monoisotopic (exact) mass is 412 g/mol. The number of hydrogen-bond acceptors (Lipinski definition) is 8. The Labute approximate surface area is 171 Å². The second-order valence-corrected chi connectivity index (χ2v) is 7.67. The van der Waals surface area contributed by atoms with Gasteiger partial charge >= 0.3 is 5.97 Å². The van der Waals surface area contributed by atoms with Gasteiger partial charge in [0, 0.05) is 17.2 Å². The summed E-state index contributed by atoms with van der Waals surface area (Å²) in [5.74, 6) is -4.74. The molecule has 0 saturated heterocycles. The molecule has 2 aromatic rings. The van der Waals surface area contributed by atoms with Gasteiger partial charge in [-0.05, 0) is 42.5 Å². The van der Waals surface area contributed by atoms with Crippen molar-refractivity contribution in [3.8, 4) is 17.2 Å². The molecule has 4 rings (SSSR count). The average molecular weight is 412 g/mol. The van der Waals surface area contributed by atoms with Crippen molar-refractivity contribution in [2.45, 2.75) is 37.7 Å². The van der Waals surface area contributed by atoms with Crippen molar-refractivity contribution in [3.05, 3.63) is 51.6 Å². The van der Waals surface area contributed by atoms with E-state index in [0.29, 0.717) is 0 Å². The minimum Gasteiger partial charge on any atom is -0.508 e. The minimum absolute atomic E-state index is 0.153. The molecule has 0 spiro atoms. The molecule has 0 bridgehead atoms. The molecule has 2 aliphatic rings. The number of ether oxygens (including phenoxy) is 1. The van der Waals surface area contributed by atoms with E-state index in [0.717, 1.165) is 12.1 Å². The van der Waals surface area contributed by atoms with Crippen LogP contribution in [0.2, 0.25) is 0 Å². The lowest BCUT2D eigenvalue weighted by atomic mass is 9.68. The fraction of sp³-hybridized carbons (Fsp3) is 0.318. The molecule has 2 unspecified atom stereocenters. The van der Waals surface area contributed by atoms with Gasteiger partial charge in [-0.25, -0.2) is 0 Å². The standard InChI is InChI=1S/C22H20O8/c1-3-22(29)5-4-10-11(17(22)21(28)30-2)8-13-16(19(10)26)20(27)15-12(18(13)25)6-9(23)7-14(15)24/h6-8,17,23-24,26,29H,3-5H2,1-2H3. The topological polar surface area (TPSA) is 141 Å². The lowest BCUT2D eigenvalue weighted by Crippen LogP contribution is -2.44. The molecule has 0 fully saturated rings. The fourth-order valence-electron chi connectivity index (χ4n) is 4.58. The zero-order valence-electron chi connectivity index (χ0n) is 16.4. The van der Waals surface area contributed by atoms with Gasteiger partial charge in [-0.1, -0.05) is 6.92 Å². The van der Waals surface area contributed by atoms with Crippen LogP contribution >= 0.6 is 0 Å². The third-order valence-electron chi connectivity index (χ3n) is 6.19. The van der Waals surface area contributed by atoms with Crippen LogP contribution in [0.3, 0.4) is 0 Å². The van der Waals surface area contributed by atoms with Crippen LogP contribution in [0.4, 0.5) is 0 Å². The second kappa shape index (κ2) is 6.56. The Morgan fingerprint density at radius 2 is 1.77 bits per heavy atom. The number of carbonyl (C=O) groups is 3. The molecular formula is C22H20O8. The highest BCUT2D eigenvalue weighted by atomic mass is 16.5. The smallest absolute Gasteiger partial charge is 0.316 e. The SMILES string of the molecule is CCC1(O)CCc2c(cc3c(c2O)C(=O)c2c(O)cc(O)cc2C3=O)C1C(=O)OC. The summed E-state index contributed by atoms with van der Waals surface area (Å²) in [5, 5.41) is 41.8. The van der Waals surface area contributed by atoms with Crippen LogP contribution in [0.1, 0.15) is 68.7 Å². The quantitative estimate of drug-likeness (QED) is 0.468. The van der Waals surface area contributed by atoms with Gasteiger partial charge < -0.3 is 25.2 Å². The number of hydrogen-bond donors (Lipinski definition) is 4. The summed E-state index contributed by atoms with van der Waals surface area (Å²) in [7, 11) is 1.18. The maximum Gasteiger partial charge on any atom is 0.316 e. The van der Waals surface area contributed by atoms with Gasteiger partial charge in [0.05, 0.1) is 23.8 Å². The summed E-state index contributed by atoms with van der Waals surface area (Å²) in [6.07, 6.45) is 0.574. The Hall–Kier alpha value is -3.39. The Bertz CT molecular complexity index is 1130. The third-order valence-corrected chi connectivity index (χ3v) is 6.19. The number of methoxy groups -OCH3 is 1. The van der Waals surface area contributed by atoms with E-state index in [1.165, 1.54) is 13.2 Å². The first-order valence-electron chi connectivity index (χ1n) is 9.49. The van der Waals surface area contributed by atoms with E-state index in [2.05, 4.69) is 0 Å². The lowest BCUT2D eigenvalue weighted by Gasteiger charge is -2.40. The van der Waals surface area contributed by atoms with Crippen LogP contribution in [0.5, 0.6) is 17.2 Å². The highest BCUT2D eigenvalue weighted by Crippen LogP contribution is 2.48. The lowest BCUT2D eigenvalue weighted by molar-refractivity contribution is -0.151. The predicted octanol–water partition coefficient (Wildman–Crippen LogP) is 1.92. The average Bonchev–Trinajstić information content (AvgIpc) is 2.70. The molecule has 4 N–H and O–H groups in total. The molecule has 2 atom stereocenters. The van der Waals surface area contributed by atoms with Crippen molar-refractivity contribution in [2.24, 2.45) is 0 Å². The largest absolute Gasteiger partial charge is 0.508 e. The molecule has 2 aliphatic carbocycles. The molecular weight excluding hydrogens is 392 g/mol. The summed E-state index contributed by atoms with van der Waals surface area (Å²) in [4.78, 5) is 38.7. The van der Waals surface area contributed by atoms with Crippen molar-refractivity contribution in [3.63, 3.8) is 0 Å². The highest BCUT2D eigenvalue weighted by Gasteiger charge is 2.48. The molecule has 0 amide bonds. The Balaban J connectivity index is 2.01. The van der Waals surface area contributed by atoms with Crippen molar-refractivity contribution in [1.29, 1.82) is 0 Å². The highest BCUT2D eigenvalue weighted by molar-refractivity contribution is 6.30. The minimum atomic E-state index is -1.43. The van der Waals surface area contributed by atoms with Gasteiger partial charge in [0.25, 0.3) is 0 Å². The molecule has 0 aromatic heterocycles. The van der Waals surface area contributed by atoms with Crippen molar-refractivity contribution < 1.29 is 39.5 Å². The number of carbonyl (C=O) groups excluding carboxylic acids is 3. The number of aliphatic hydroxyl groups is 1. The normalized spacial score (nSPS) is 22.2. The Kier molecular flexibility index (Phi) is 4.36. The molecule has 2 aromatic carbocycles. The summed E-state index contributed by atoms with van der Waals surface area (Å²) < 4.78 is 4.86. The van der Waals surface area contributed by atoms with Gasteiger partial charge in [0.15, 0.2) is 5.78 Å². The van der Waals surface area contributed by atoms with Crippen LogP contribution in [-0.4, -0.2) is 50.7 Å². The first-order chi connectivity index (χ1) is 14.1. The van der Waals surface area contributed by atoms with Gasteiger partial charge in [-0.2, -0.15) is 0 Å². The van der Waals surface area contributed by atoms with Gasteiger partial charge in [0.1, 0.15) is 23.2 Å². The summed E-state index contributed by atoms with van der Waals surface area (Å²) in [5.41, 5.74) is -1.86. The van der Waals surface area contributed by atoms with E-state index in [9.17, 15) is 34.8 Å². The molecule has 8 heteroatoms. The maximum atomic E-state index is 13.1. The molecule has 0 aliphatic heterocycles. The zero-order chi connectivity index (χ0) is 22.0. The van der Waals surface area contributed by atoms with E-state index in [1.54, 1.807) is 6.92 Å². The number of fused-ring (bicyclic) bond motifs is 3. The Morgan fingerprint density at radius 3 is 2.40 bits per heavy atom. The van der Waals surface area contributed by atoms with Crippen molar-refractivity contribution in [2.75, 3.05) is 7.11 Å². The zero-order valence-corrected chi connectivity index (χ0v) is 16.4. The number of aromatic hydroxyl groups is 3. The van der Waals surface area contributed by atoms with Gasteiger partial charge in [0.2, 0.25) is 5.78 Å². The first kappa shape index (κ1) is 19.9. The summed E-state index contributed by atoms with van der Waals surface area (Å²) >= 11 is 0. The van der Waals surface area contributed by atoms with Gasteiger partial charge in [-0.15, -0.1) is 0 Å². The number of esters is 1. The van der Waals surface area contributed by atoms with E-state index in [-0.39, 0.29) is 52.6 Å². The second-order valence-electron chi connectivity index (χ2n) is 7.67. The molecule has 0 radical (unpaired) electrons. The van der Waals surface area contributed by atoms with E-state index in [4.69, 9.17) is 4.74 Å². The maximum absolute atomic E-state index is 13.1. The molecule has 30 heavy (non-hydrogen) atoms. The molecule has 0 saturated carbocycles. The predicted molar refractivity (Wildman–Crippen MR) is 103 cm³/mol. The number of benzene rings is 2. The van der Waals surface area contributed by atoms with Crippen LogP contribution in [-0.2, 0) is 16.0 Å². The van der Waals surface area contributed by atoms with Crippen LogP contribution < -0.4 is 0 Å². The third kappa shape index (κ3) is 2.53. The molecule has 8 nitrogen and oxygen atoms in total. The van der Waals surface area contributed by atoms with Crippen LogP contribution in [0.15, 0.2) is 18.2 Å². The Morgan fingerprint density at radius 1 is 1.10 bits per heavy atom. The summed E-state index contributed by atoms with van der Waals surface area (Å²) in [6, 6.07) is 3.34. The van der Waals surface area contributed by atoms with Crippen LogP contribution in [0, 0.1) is 0 Å². The molecule has 0 heterocycles. The number of rotatable bonds is 2. The van der Waals surface area contributed by atoms with Crippen molar-refractivity contribution in [1.82, 2.24) is 0 Å². The number of phenolic OH excluding ortho intramolecular Hbond substituents is 3. The van der Waals surface area contributed by atoms with Crippen molar-refractivity contribution >= 4 is 17.5 Å². The fourth-order valence-corrected chi connectivity index (χ4v) is 4.58. The first-order valence-corrected chi connectivity index (χ1v) is 9.49. The van der Waals surface area contributed by atoms with E-state index in [1.807, 2.05) is 0 Å². The van der Waals surface area contributed by atoms with E-state index >= 15 is 0 Å². The number of phenols is 3. The van der Waals surface area contributed by atoms with Gasteiger partial charge in [-0.3, -0.25) is 14.4 Å². The van der Waals surface area contributed by atoms with E-state index < -0.39 is 46.3 Å². The molecule has 156 valence electrons.